The summed E-state index contributed by atoms with van der Waals surface area (Å²) in [6, 6.07) is 8.20. The Morgan fingerprint density at radius 3 is 2.70 bits per heavy atom. The Morgan fingerprint density at radius 1 is 1.23 bits per heavy atom. The lowest BCUT2D eigenvalue weighted by Crippen LogP contribution is -2.12. The number of aryl methyl sites for hydroxylation is 1. The van der Waals surface area contributed by atoms with Gasteiger partial charge in [-0.05, 0) is 18.4 Å². The summed E-state index contributed by atoms with van der Waals surface area (Å²) in [5.41, 5.74) is 2.80. The second-order valence-corrected chi connectivity index (χ2v) is 7.93. The number of esters is 1. The van der Waals surface area contributed by atoms with Crippen LogP contribution in [0.15, 0.2) is 40.3 Å². The molecule has 7 nitrogen and oxygen atoms in total. The molecule has 2 aromatic heterocycles. The van der Waals surface area contributed by atoms with Gasteiger partial charge in [-0.2, -0.15) is 0 Å². The maximum Gasteiger partial charge on any atom is 0.311 e. The number of benzene rings is 1. The maximum absolute atomic E-state index is 12.2. The van der Waals surface area contributed by atoms with E-state index in [0.717, 1.165) is 5.56 Å². The Labute approximate surface area is 179 Å². The fourth-order valence-electron chi connectivity index (χ4n) is 2.80. The van der Waals surface area contributed by atoms with E-state index in [9.17, 15) is 9.59 Å². The molecule has 3 aromatic rings. The molecule has 0 saturated heterocycles. The number of carbonyl (C=O) groups excluding carboxylic acids is 2. The predicted molar refractivity (Wildman–Crippen MR) is 115 cm³/mol. The van der Waals surface area contributed by atoms with Gasteiger partial charge in [0.05, 0.1) is 24.9 Å². The smallest absolute Gasteiger partial charge is 0.311 e. The molecule has 0 unspecified atom stereocenters. The molecule has 0 spiro atoms. The number of nitrogens with zero attached hydrogens (tertiary/aromatic N) is 2. The van der Waals surface area contributed by atoms with E-state index in [1.54, 1.807) is 18.5 Å². The summed E-state index contributed by atoms with van der Waals surface area (Å²) < 4.78 is 10.7. The molecule has 0 bridgehead atoms. The summed E-state index contributed by atoms with van der Waals surface area (Å²) >= 11 is 1.27. The number of amides is 1. The summed E-state index contributed by atoms with van der Waals surface area (Å²) in [6.07, 6.45) is 2.38. The number of rotatable bonds is 9. The predicted octanol–water partition coefficient (Wildman–Crippen LogP) is 4.60. The van der Waals surface area contributed by atoms with Crippen molar-refractivity contribution in [2.75, 3.05) is 11.9 Å². The minimum absolute atomic E-state index is 0.0947. The standard InChI is InChI=1S/C22H25N3O4S/c1-4-28-21(27)11-17-13-30-22(24-17)25-19(26)9-10-20-23-12-18(29-20)16-7-5-15(6-8-16)14(2)3/h5-8,12-14H,4,9-11H2,1-3H3,(H,24,25,26). The van der Waals surface area contributed by atoms with E-state index in [0.29, 0.717) is 41.4 Å². The zero-order chi connectivity index (χ0) is 21.5. The van der Waals surface area contributed by atoms with Gasteiger partial charge in [0.15, 0.2) is 16.8 Å². The van der Waals surface area contributed by atoms with Crippen LogP contribution in [0.25, 0.3) is 11.3 Å². The van der Waals surface area contributed by atoms with Gasteiger partial charge in [-0.3, -0.25) is 9.59 Å². The van der Waals surface area contributed by atoms with E-state index in [4.69, 9.17) is 9.15 Å². The van der Waals surface area contributed by atoms with E-state index >= 15 is 0 Å². The first-order valence-corrected chi connectivity index (χ1v) is 10.8. The number of hydrogen-bond donors (Lipinski definition) is 1. The van der Waals surface area contributed by atoms with Crippen molar-refractivity contribution < 1.29 is 18.7 Å². The van der Waals surface area contributed by atoms with Crippen LogP contribution in [0, 0.1) is 0 Å². The number of hydrogen-bond acceptors (Lipinski definition) is 7. The summed E-state index contributed by atoms with van der Waals surface area (Å²) in [4.78, 5) is 32.2. The van der Waals surface area contributed by atoms with Gasteiger partial charge >= 0.3 is 5.97 Å². The number of anilines is 1. The second kappa shape index (κ2) is 10.2. The van der Waals surface area contributed by atoms with Crippen LogP contribution in [0.2, 0.25) is 0 Å². The first-order chi connectivity index (χ1) is 14.4. The molecule has 1 N–H and O–H groups in total. The average Bonchev–Trinajstić information content (AvgIpc) is 3.36. The molecular weight excluding hydrogens is 402 g/mol. The van der Waals surface area contributed by atoms with Crippen molar-refractivity contribution in [2.45, 2.75) is 46.0 Å². The van der Waals surface area contributed by atoms with Gasteiger partial charge in [0.2, 0.25) is 5.91 Å². The van der Waals surface area contributed by atoms with Crippen molar-refractivity contribution >= 4 is 28.3 Å². The summed E-state index contributed by atoms with van der Waals surface area (Å²) in [7, 11) is 0. The van der Waals surface area contributed by atoms with Crippen LogP contribution in [-0.4, -0.2) is 28.5 Å². The highest BCUT2D eigenvalue weighted by Gasteiger charge is 2.13. The molecule has 1 aromatic carbocycles. The van der Waals surface area contributed by atoms with E-state index < -0.39 is 0 Å². The fourth-order valence-corrected chi connectivity index (χ4v) is 3.53. The normalized spacial score (nSPS) is 10.9. The lowest BCUT2D eigenvalue weighted by molar-refractivity contribution is -0.142. The van der Waals surface area contributed by atoms with E-state index in [1.165, 1.54) is 16.9 Å². The molecule has 0 aliphatic heterocycles. The van der Waals surface area contributed by atoms with E-state index in [1.807, 2.05) is 12.1 Å². The molecule has 2 heterocycles. The molecular formula is C22H25N3O4S. The van der Waals surface area contributed by atoms with Crippen molar-refractivity contribution in [3.8, 4) is 11.3 Å². The first-order valence-electron chi connectivity index (χ1n) is 9.89. The van der Waals surface area contributed by atoms with Crippen molar-refractivity contribution in [1.82, 2.24) is 9.97 Å². The highest BCUT2D eigenvalue weighted by atomic mass is 32.1. The van der Waals surface area contributed by atoms with Crippen LogP contribution >= 0.6 is 11.3 Å². The zero-order valence-electron chi connectivity index (χ0n) is 17.3. The minimum atomic E-state index is -0.334. The van der Waals surface area contributed by atoms with Crippen molar-refractivity contribution in [3.05, 3.63) is 53.0 Å². The Balaban J connectivity index is 1.49. The van der Waals surface area contributed by atoms with Gasteiger partial charge in [0, 0.05) is 23.8 Å². The lowest BCUT2D eigenvalue weighted by Gasteiger charge is -2.05. The molecule has 30 heavy (non-hydrogen) atoms. The van der Waals surface area contributed by atoms with E-state index in [2.05, 4.69) is 41.3 Å². The summed E-state index contributed by atoms with van der Waals surface area (Å²) in [6.45, 7) is 6.39. The summed E-state index contributed by atoms with van der Waals surface area (Å²) in [5, 5.41) is 4.93. The van der Waals surface area contributed by atoms with E-state index in [-0.39, 0.29) is 24.7 Å². The van der Waals surface area contributed by atoms with Crippen molar-refractivity contribution in [1.29, 1.82) is 0 Å². The van der Waals surface area contributed by atoms with Gasteiger partial charge in [-0.15, -0.1) is 11.3 Å². The first kappa shape index (κ1) is 21.7. The fraction of sp³-hybridized carbons (Fsp3) is 0.364. The number of carbonyl (C=O) groups is 2. The van der Waals surface area contributed by atoms with Crippen LogP contribution in [-0.2, 0) is 27.2 Å². The van der Waals surface area contributed by atoms with Gasteiger partial charge in [0.1, 0.15) is 0 Å². The Bertz CT molecular complexity index is 992. The van der Waals surface area contributed by atoms with Gasteiger partial charge in [0.25, 0.3) is 0 Å². The van der Waals surface area contributed by atoms with Gasteiger partial charge in [-0.1, -0.05) is 38.1 Å². The molecule has 1 amide bonds. The monoisotopic (exact) mass is 427 g/mol. The van der Waals surface area contributed by atoms with Crippen LogP contribution in [0.5, 0.6) is 0 Å². The Morgan fingerprint density at radius 2 is 2.00 bits per heavy atom. The maximum atomic E-state index is 12.2. The van der Waals surface area contributed by atoms with Crippen LogP contribution in [0.1, 0.15) is 50.3 Å². The third-order valence-corrected chi connectivity index (χ3v) is 5.22. The van der Waals surface area contributed by atoms with Gasteiger partial charge < -0.3 is 14.5 Å². The number of aromatic nitrogens is 2. The SMILES string of the molecule is CCOC(=O)Cc1csc(NC(=O)CCc2ncc(-c3ccc(C(C)C)cc3)o2)n1. The Kier molecular flexibility index (Phi) is 7.35. The molecule has 158 valence electrons. The highest BCUT2D eigenvalue weighted by molar-refractivity contribution is 7.13. The molecule has 0 saturated carbocycles. The average molecular weight is 428 g/mol. The largest absolute Gasteiger partial charge is 0.466 e. The lowest BCUT2D eigenvalue weighted by atomic mass is 10.0. The van der Waals surface area contributed by atoms with Crippen molar-refractivity contribution in [3.63, 3.8) is 0 Å². The number of thiazole rings is 1. The third-order valence-electron chi connectivity index (χ3n) is 4.41. The summed E-state index contributed by atoms with van der Waals surface area (Å²) in [5.74, 6) is 1.15. The molecule has 8 heteroatoms. The highest BCUT2D eigenvalue weighted by Crippen LogP contribution is 2.24. The number of ether oxygens (including phenoxy) is 1. The molecule has 0 radical (unpaired) electrons. The number of oxazole rings is 1. The topological polar surface area (TPSA) is 94.3 Å². The van der Waals surface area contributed by atoms with Gasteiger partial charge in [-0.25, -0.2) is 9.97 Å². The van der Waals surface area contributed by atoms with Crippen LogP contribution < -0.4 is 5.32 Å². The third kappa shape index (κ3) is 6.00. The molecule has 0 fully saturated rings. The quantitative estimate of drug-likeness (QED) is 0.502. The molecule has 0 aliphatic carbocycles. The minimum Gasteiger partial charge on any atom is -0.466 e. The molecule has 0 atom stereocenters. The van der Waals surface area contributed by atoms with Crippen molar-refractivity contribution in [2.24, 2.45) is 0 Å². The number of nitrogens with one attached hydrogen (secondary N) is 1. The second-order valence-electron chi connectivity index (χ2n) is 7.07. The Hall–Kier alpha value is -3.00. The van der Waals surface area contributed by atoms with Crippen LogP contribution in [0.3, 0.4) is 0 Å². The molecule has 3 rings (SSSR count). The van der Waals surface area contributed by atoms with Crippen LogP contribution in [0.4, 0.5) is 5.13 Å². The molecule has 0 aliphatic rings. The zero-order valence-corrected chi connectivity index (χ0v) is 18.1.